The van der Waals surface area contributed by atoms with E-state index in [2.05, 4.69) is 40.7 Å². The van der Waals surface area contributed by atoms with Crippen molar-refractivity contribution < 1.29 is 9.21 Å². The Bertz CT molecular complexity index is 796. The van der Waals surface area contributed by atoms with Crippen LogP contribution in [-0.4, -0.2) is 10.9 Å². The Hall–Kier alpha value is -3.08. The Balaban J connectivity index is 1.53. The fourth-order valence-electron chi connectivity index (χ4n) is 2.33. The van der Waals surface area contributed by atoms with Crippen molar-refractivity contribution in [2.75, 3.05) is 5.32 Å². The van der Waals surface area contributed by atoms with Gasteiger partial charge in [-0.25, -0.2) is 4.98 Å². The average molecular weight is 321 g/mol. The van der Waals surface area contributed by atoms with Gasteiger partial charge in [0.25, 0.3) is 5.91 Å². The number of benzene rings is 1. The van der Waals surface area contributed by atoms with Crippen LogP contribution >= 0.6 is 0 Å². The lowest BCUT2D eigenvalue weighted by molar-refractivity contribution is 0.0943. The summed E-state index contributed by atoms with van der Waals surface area (Å²) in [4.78, 5) is 16.2. The van der Waals surface area contributed by atoms with E-state index in [0.29, 0.717) is 24.5 Å². The zero-order chi connectivity index (χ0) is 16.8. The fourth-order valence-corrected chi connectivity index (χ4v) is 2.33. The van der Waals surface area contributed by atoms with Gasteiger partial charge < -0.3 is 15.1 Å². The van der Waals surface area contributed by atoms with Crippen molar-refractivity contribution in [1.29, 1.82) is 0 Å². The maximum absolute atomic E-state index is 12.0. The first kappa shape index (κ1) is 15.8. The number of aryl methyl sites for hydroxylation is 1. The van der Waals surface area contributed by atoms with Crippen LogP contribution in [0.15, 0.2) is 65.4 Å². The van der Waals surface area contributed by atoms with Crippen LogP contribution in [0.4, 0.5) is 5.69 Å². The molecule has 3 aromatic rings. The molecule has 3 rings (SSSR count). The molecule has 0 bridgehead atoms. The van der Waals surface area contributed by atoms with Gasteiger partial charge in [0, 0.05) is 6.54 Å². The van der Waals surface area contributed by atoms with Crippen molar-refractivity contribution in [3.05, 3.63) is 83.6 Å². The van der Waals surface area contributed by atoms with Gasteiger partial charge in [0.05, 0.1) is 24.7 Å². The molecule has 0 saturated carbocycles. The maximum Gasteiger partial charge on any atom is 0.270 e. The molecule has 2 aromatic heterocycles. The maximum atomic E-state index is 12.0. The molecule has 0 unspecified atom stereocenters. The molecule has 1 aromatic carbocycles. The number of nitrogens with zero attached hydrogens (tertiary/aromatic N) is 1. The van der Waals surface area contributed by atoms with E-state index in [9.17, 15) is 4.79 Å². The van der Waals surface area contributed by atoms with Crippen LogP contribution < -0.4 is 10.6 Å². The fraction of sp³-hybridized carbons (Fsp3) is 0.158. The monoisotopic (exact) mass is 321 g/mol. The van der Waals surface area contributed by atoms with Crippen LogP contribution in [0, 0.1) is 6.92 Å². The van der Waals surface area contributed by atoms with E-state index in [1.54, 1.807) is 24.6 Å². The first-order chi connectivity index (χ1) is 11.7. The summed E-state index contributed by atoms with van der Waals surface area (Å²) in [5.41, 5.74) is 3.69. The molecule has 5 heteroatoms. The molecule has 0 fully saturated rings. The summed E-state index contributed by atoms with van der Waals surface area (Å²) >= 11 is 0. The lowest BCUT2D eigenvalue weighted by atomic mass is 10.1. The number of rotatable bonds is 6. The number of pyridine rings is 1. The molecule has 24 heavy (non-hydrogen) atoms. The predicted molar refractivity (Wildman–Crippen MR) is 92.6 cm³/mol. The highest BCUT2D eigenvalue weighted by molar-refractivity contribution is 5.92. The van der Waals surface area contributed by atoms with E-state index in [-0.39, 0.29) is 5.91 Å². The topological polar surface area (TPSA) is 67.2 Å². The largest absolute Gasteiger partial charge is 0.467 e. The van der Waals surface area contributed by atoms with E-state index >= 15 is 0 Å². The number of anilines is 1. The van der Waals surface area contributed by atoms with Crippen molar-refractivity contribution in [3.63, 3.8) is 0 Å². The minimum absolute atomic E-state index is 0.225. The summed E-state index contributed by atoms with van der Waals surface area (Å²) in [5, 5.41) is 6.07. The van der Waals surface area contributed by atoms with Gasteiger partial charge in [-0.15, -0.1) is 0 Å². The minimum atomic E-state index is -0.225. The smallest absolute Gasteiger partial charge is 0.270 e. The third-order valence-corrected chi connectivity index (χ3v) is 3.58. The zero-order valence-electron chi connectivity index (χ0n) is 13.5. The minimum Gasteiger partial charge on any atom is -0.467 e. The molecule has 0 aliphatic heterocycles. The number of nitrogens with one attached hydrogen (secondary N) is 2. The lowest BCUT2D eigenvalue weighted by Gasteiger charge is -2.08. The lowest BCUT2D eigenvalue weighted by Crippen LogP contribution is -2.23. The summed E-state index contributed by atoms with van der Waals surface area (Å²) in [6, 6.07) is 15.5. The second kappa shape index (κ2) is 7.46. The highest BCUT2D eigenvalue weighted by Crippen LogP contribution is 2.10. The molecular weight excluding hydrogens is 302 g/mol. The van der Waals surface area contributed by atoms with Gasteiger partial charge in [-0.1, -0.05) is 29.8 Å². The van der Waals surface area contributed by atoms with Crippen molar-refractivity contribution in [2.45, 2.75) is 20.0 Å². The molecule has 0 atom stereocenters. The van der Waals surface area contributed by atoms with Gasteiger partial charge in [0.1, 0.15) is 11.5 Å². The number of amides is 1. The summed E-state index contributed by atoms with van der Waals surface area (Å²) in [5.74, 6) is 0.483. The number of carbonyl (C=O) groups excluding carboxylic acids is 1. The van der Waals surface area contributed by atoms with Crippen LogP contribution in [0.5, 0.6) is 0 Å². The second-order valence-corrected chi connectivity index (χ2v) is 5.54. The normalized spacial score (nSPS) is 10.4. The highest BCUT2D eigenvalue weighted by Gasteiger charge is 2.07. The van der Waals surface area contributed by atoms with Crippen molar-refractivity contribution in [3.8, 4) is 0 Å². The summed E-state index contributed by atoms with van der Waals surface area (Å²) in [7, 11) is 0. The second-order valence-electron chi connectivity index (χ2n) is 5.54. The number of carbonyl (C=O) groups is 1. The molecule has 2 heterocycles. The quantitative estimate of drug-likeness (QED) is 0.729. The molecule has 0 aliphatic carbocycles. The number of hydrogen-bond donors (Lipinski definition) is 2. The molecule has 2 N–H and O–H groups in total. The van der Waals surface area contributed by atoms with Crippen LogP contribution in [0.2, 0.25) is 0 Å². The Kier molecular flexibility index (Phi) is 4.91. The van der Waals surface area contributed by atoms with E-state index in [4.69, 9.17) is 4.42 Å². The highest BCUT2D eigenvalue weighted by atomic mass is 16.3. The number of furan rings is 1. The van der Waals surface area contributed by atoms with Crippen molar-refractivity contribution in [1.82, 2.24) is 10.3 Å². The van der Waals surface area contributed by atoms with Crippen LogP contribution in [-0.2, 0) is 13.1 Å². The third kappa shape index (κ3) is 4.23. The molecule has 0 radical (unpaired) electrons. The van der Waals surface area contributed by atoms with Crippen LogP contribution in [0.1, 0.15) is 27.4 Å². The van der Waals surface area contributed by atoms with Gasteiger partial charge in [-0.2, -0.15) is 0 Å². The molecule has 0 aliphatic rings. The molecule has 1 amide bonds. The van der Waals surface area contributed by atoms with Gasteiger partial charge >= 0.3 is 0 Å². The molecule has 0 spiro atoms. The summed E-state index contributed by atoms with van der Waals surface area (Å²) < 4.78 is 5.18. The van der Waals surface area contributed by atoms with E-state index < -0.39 is 0 Å². The number of aromatic nitrogens is 1. The Labute approximate surface area is 140 Å². The molecule has 0 saturated heterocycles. The first-order valence-electron chi connectivity index (χ1n) is 7.77. The van der Waals surface area contributed by atoms with Gasteiger partial charge in [-0.05, 0) is 36.8 Å². The zero-order valence-corrected chi connectivity index (χ0v) is 13.5. The van der Waals surface area contributed by atoms with Crippen molar-refractivity contribution >= 4 is 11.6 Å². The van der Waals surface area contributed by atoms with Crippen LogP contribution in [0.3, 0.4) is 0 Å². The first-order valence-corrected chi connectivity index (χ1v) is 7.77. The van der Waals surface area contributed by atoms with Crippen molar-refractivity contribution in [2.24, 2.45) is 0 Å². The molecule has 122 valence electrons. The molecular formula is C19H19N3O2. The average Bonchev–Trinajstić information content (AvgIpc) is 3.12. The molecule has 5 nitrogen and oxygen atoms in total. The summed E-state index contributed by atoms with van der Waals surface area (Å²) in [6.45, 7) is 3.13. The summed E-state index contributed by atoms with van der Waals surface area (Å²) in [6.07, 6.45) is 3.24. The Morgan fingerprint density at radius 2 is 2.04 bits per heavy atom. The van der Waals surface area contributed by atoms with E-state index in [1.807, 2.05) is 18.2 Å². The SMILES string of the molecule is Cc1cccc(CNc2ccc(C(=O)NCc3ccco3)nc2)c1. The Morgan fingerprint density at radius 3 is 2.75 bits per heavy atom. The van der Waals surface area contributed by atoms with Crippen LogP contribution in [0.25, 0.3) is 0 Å². The predicted octanol–water partition coefficient (Wildman–Crippen LogP) is 3.53. The van der Waals surface area contributed by atoms with Gasteiger partial charge in [0.15, 0.2) is 0 Å². The number of hydrogen-bond acceptors (Lipinski definition) is 4. The van der Waals surface area contributed by atoms with E-state index in [0.717, 1.165) is 5.69 Å². The third-order valence-electron chi connectivity index (χ3n) is 3.58. The van der Waals surface area contributed by atoms with Gasteiger partial charge in [-0.3, -0.25) is 4.79 Å². The van der Waals surface area contributed by atoms with Gasteiger partial charge in [0.2, 0.25) is 0 Å². The Morgan fingerprint density at radius 1 is 1.12 bits per heavy atom. The van der Waals surface area contributed by atoms with E-state index in [1.165, 1.54) is 11.1 Å². The standard InChI is InChI=1S/C19H19N3O2/c1-14-4-2-5-15(10-14)11-20-16-7-8-18(21-12-16)19(23)22-13-17-6-3-9-24-17/h2-10,12,20H,11,13H2,1H3,(H,22,23).